The van der Waals surface area contributed by atoms with Gasteiger partial charge in [0, 0.05) is 12.0 Å². The Morgan fingerprint density at radius 2 is 2.75 bits per heavy atom. The van der Waals surface area contributed by atoms with Gasteiger partial charge >= 0.3 is 0 Å². The monoisotopic (exact) mass is 110 g/mol. The van der Waals surface area contributed by atoms with Crippen LogP contribution in [0.3, 0.4) is 0 Å². The smallest absolute Gasteiger partial charge is 0.212 e. The number of rotatable bonds is 0. The summed E-state index contributed by atoms with van der Waals surface area (Å²) in [7, 11) is 0. The van der Waals surface area contributed by atoms with Gasteiger partial charge in [0.2, 0.25) is 5.88 Å². The quantitative estimate of drug-likeness (QED) is 0.523. The van der Waals surface area contributed by atoms with Gasteiger partial charge in [0.15, 0.2) is 0 Å². The highest BCUT2D eigenvalue weighted by molar-refractivity contribution is 5.25. The van der Waals surface area contributed by atoms with Crippen LogP contribution in [0.15, 0.2) is 6.20 Å². The molecule has 0 atom stereocenters. The molecule has 1 aromatic heterocycles. The molecule has 1 aliphatic rings. The van der Waals surface area contributed by atoms with Gasteiger partial charge in [-0.2, -0.15) is 5.10 Å². The third-order valence-corrected chi connectivity index (χ3v) is 1.30. The lowest BCUT2D eigenvalue weighted by Crippen LogP contribution is -1.89. The maximum Gasteiger partial charge on any atom is 0.212 e. The molecule has 1 N–H and O–H groups in total. The first-order chi connectivity index (χ1) is 3.97. The molecule has 3 heteroatoms. The standard InChI is InChI=1S/C5H6N2O/c1-2-8-5-4(1)3-6-7-5/h3H,1-2H2,(H,6,7). The molecule has 0 fully saturated rings. The molecule has 0 unspecified atom stereocenters. The summed E-state index contributed by atoms with van der Waals surface area (Å²) in [6.45, 7) is 0.809. The second-order valence-corrected chi connectivity index (χ2v) is 1.82. The summed E-state index contributed by atoms with van der Waals surface area (Å²) in [6.07, 6.45) is 2.81. The van der Waals surface area contributed by atoms with Gasteiger partial charge in [-0.1, -0.05) is 0 Å². The van der Waals surface area contributed by atoms with Gasteiger partial charge in [0.1, 0.15) is 0 Å². The minimum absolute atomic E-state index is 0.809. The SMILES string of the molecule is c1n[nH]c2c1CCO2. The van der Waals surface area contributed by atoms with E-state index >= 15 is 0 Å². The number of nitrogens with zero attached hydrogens (tertiary/aromatic N) is 1. The van der Waals surface area contributed by atoms with E-state index in [1.165, 1.54) is 5.56 Å². The first-order valence-corrected chi connectivity index (χ1v) is 2.62. The van der Waals surface area contributed by atoms with Crippen LogP contribution in [0, 0.1) is 0 Å². The van der Waals surface area contributed by atoms with Crippen molar-refractivity contribution in [3.05, 3.63) is 11.8 Å². The van der Waals surface area contributed by atoms with E-state index < -0.39 is 0 Å². The highest BCUT2D eigenvalue weighted by atomic mass is 16.5. The van der Waals surface area contributed by atoms with Crippen LogP contribution in [0.1, 0.15) is 5.56 Å². The lowest BCUT2D eigenvalue weighted by atomic mass is 10.3. The number of hydrogen-bond acceptors (Lipinski definition) is 2. The Morgan fingerprint density at radius 3 is 3.62 bits per heavy atom. The molecule has 8 heavy (non-hydrogen) atoms. The summed E-state index contributed by atoms with van der Waals surface area (Å²) in [5, 5.41) is 6.54. The summed E-state index contributed by atoms with van der Waals surface area (Å²) < 4.78 is 5.12. The minimum Gasteiger partial charge on any atom is -0.477 e. The number of H-pyrrole nitrogens is 1. The number of hydrogen-bond donors (Lipinski definition) is 1. The largest absolute Gasteiger partial charge is 0.477 e. The molecule has 2 rings (SSSR count). The predicted octanol–water partition coefficient (Wildman–Crippen LogP) is 0.345. The molecule has 0 bridgehead atoms. The average molecular weight is 110 g/mol. The molecule has 0 aliphatic carbocycles. The van der Waals surface area contributed by atoms with Crippen molar-refractivity contribution in [1.82, 2.24) is 10.2 Å². The molecule has 0 spiro atoms. The van der Waals surface area contributed by atoms with Crippen LogP contribution in [0.4, 0.5) is 0 Å². The first-order valence-electron chi connectivity index (χ1n) is 2.62. The fourth-order valence-corrected chi connectivity index (χ4v) is 0.865. The molecule has 0 saturated carbocycles. The van der Waals surface area contributed by atoms with Gasteiger partial charge < -0.3 is 4.74 Å². The van der Waals surface area contributed by atoms with Crippen molar-refractivity contribution >= 4 is 0 Å². The molecule has 1 aliphatic heterocycles. The number of ether oxygens (including phenoxy) is 1. The minimum atomic E-state index is 0.809. The second kappa shape index (κ2) is 1.24. The zero-order valence-corrected chi connectivity index (χ0v) is 4.35. The topological polar surface area (TPSA) is 37.9 Å². The Morgan fingerprint density at radius 1 is 1.75 bits per heavy atom. The maximum absolute atomic E-state index is 5.12. The van der Waals surface area contributed by atoms with Crippen molar-refractivity contribution in [2.24, 2.45) is 0 Å². The fourth-order valence-electron chi connectivity index (χ4n) is 0.865. The second-order valence-electron chi connectivity index (χ2n) is 1.82. The summed E-state index contributed by atoms with van der Waals surface area (Å²) in [5.41, 5.74) is 1.20. The molecule has 0 amide bonds. The maximum atomic E-state index is 5.12. The first kappa shape index (κ1) is 3.95. The summed E-state index contributed by atoms with van der Waals surface area (Å²) >= 11 is 0. The Balaban J connectivity index is 2.54. The lowest BCUT2D eigenvalue weighted by molar-refractivity contribution is 0.341. The number of aromatic nitrogens is 2. The molecular formula is C5H6N2O. The molecule has 42 valence electrons. The molecule has 3 nitrogen and oxygen atoms in total. The molecule has 0 aromatic carbocycles. The van der Waals surface area contributed by atoms with E-state index in [0.29, 0.717) is 0 Å². The van der Waals surface area contributed by atoms with E-state index in [9.17, 15) is 0 Å². The van der Waals surface area contributed by atoms with E-state index in [0.717, 1.165) is 18.9 Å². The third-order valence-electron chi connectivity index (χ3n) is 1.30. The predicted molar refractivity (Wildman–Crippen MR) is 27.8 cm³/mol. The Kier molecular flexibility index (Phi) is 0.614. The van der Waals surface area contributed by atoms with Crippen molar-refractivity contribution in [3.63, 3.8) is 0 Å². The number of nitrogens with one attached hydrogen (secondary N) is 1. The molecule has 0 saturated heterocycles. The van der Waals surface area contributed by atoms with Crippen LogP contribution in [0.25, 0.3) is 0 Å². The van der Waals surface area contributed by atoms with Gasteiger partial charge in [-0.25, -0.2) is 5.10 Å². The summed E-state index contributed by atoms with van der Waals surface area (Å²) in [4.78, 5) is 0. The zero-order chi connectivity index (χ0) is 5.40. The Hall–Kier alpha value is -0.990. The van der Waals surface area contributed by atoms with Crippen LogP contribution < -0.4 is 4.74 Å². The van der Waals surface area contributed by atoms with E-state index in [4.69, 9.17) is 4.74 Å². The van der Waals surface area contributed by atoms with Crippen LogP contribution in [-0.4, -0.2) is 16.8 Å². The van der Waals surface area contributed by atoms with Crippen molar-refractivity contribution in [3.8, 4) is 5.88 Å². The van der Waals surface area contributed by atoms with Gasteiger partial charge in [-0.05, 0) is 0 Å². The van der Waals surface area contributed by atoms with E-state index in [1.54, 1.807) is 0 Å². The van der Waals surface area contributed by atoms with Crippen molar-refractivity contribution < 1.29 is 4.74 Å². The average Bonchev–Trinajstić information content (AvgIpc) is 2.15. The molecule has 1 aromatic rings. The van der Waals surface area contributed by atoms with Crippen LogP contribution in [-0.2, 0) is 6.42 Å². The third kappa shape index (κ3) is 0.358. The van der Waals surface area contributed by atoms with Gasteiger partial charge in [0.05, 0.1) is 12.8 Å². The Bertz CT molecular complexity index is 176. The number of fused-ring (bicyclic) bond motifs is 1. The van der Waals surface area contributed by atoms with E-state index in [-0.39, 0.29) is 0 Å². The van der Waals surface area contributed by atoms with E-state index in [2.05, 4.69) is 10.2 Å². The van der Waals surface area contributed by atoms with Gasteiger partial charge in [0.25, 0.3) is 0 Å². The number of aromatic amines is 1. The molecule has 2 heterocycles. The Labute approximate surface area is 46.7 Å². The summed E-state index contributed by atoms with van der Waals surface area (Å²) in [5.74, 6) is 0.852. The van der Waals surface area contributed by atoms with Crippen LogP contribution >= 0.6 is 0 Å². The van der Waals surface area contributed by atoms with Crippen molar-refractivity contribution in [2.75, 3.05) is 6.61 Å². The van der Waals surface area contributed by atoms with Crippen molar-refractivity contribution in [2.45, 2.75) is 6.42 Å². The lowest BCUT2D eigenvalue weighted by Gasteiger charge is -1.86. The zero-order valence-electron chi connectivity index (χ0n) is 4.35. The normalized spacial score (nSPS) is 15.5. The van der Waals surface area contributed by atoms with E-state index in [1.807, 2.05) is 6.20 Å². The fraction of sp³-hybridized carbons (Fsp3) is 0.400. The highest BCUT2D eigenvalue weighted by Gasteiger charge is 2.11. The van der Waals surface area contributed by atoms with Crippen molar-refractivity contribution in [1.29, 1.82) is 0 Å². The van der Waals surface area contributed by atoms with Crippen LogP contribution in [0.2, 0.25) is 0 Å². The highest BCUT2D eigenvalue weighted by Crippen LogP contribution is 2.19. The van der Waals surface area contributed by atoms with Gasteiger partial charge in [-0.3, -0.25) is 0 Å². The van der Waals surface area contributed by atoms with Gasteiger partial charge in [-0.15, -0.1) is 0 Å². The molecule has 0 radical (unpaired) electrons. The van der Waals surface area contributed by atoms with Crippen LogP contribution in [0.5, 0.6) is 5.88 Å². The molecular weight excluding hydrogens is 104 g/mol. The summed E-state index contributed by atoms with van der Waals surface area (Å²) in [6, 6.07) is 0.